The smallest absolute Gasteiger partial charge is 0.272 e. The summed E-state index contributed by atoms with van der Waals surface area (Å²) in [5.74, 6) is -0.301. The van der Waals surface area contributed by atoms with Crippen LogP contribution < -0.4 is 5.32 Å². The summed E-state index contributed by atoms with van der Waals surface area (Å²) in [6, 6.07) is 9.28. The third-order valence-electron chi connectivity index (χ3n) is 4.95. The zero-order valence-corrected chi connectivity index (χ0v) is 15.3. The zero-order chi connectivity index (χ0) is 19.0. The quantitative estimate of drug-likeness (QED) is 0.746. The minimum Gasteiger partial charge on any atom is -0.346 e. The van der Waals surface area contributed by atoms with Gasteiger partial charge < -0.3 is 10.2 Å². The van der Waals surface area contributed by atoms with Crippen molar-refractivity contribution in [1.29, 1.82) is 0 Å². The van der Waals surface area contributed by atoms with E-state index in [0.29, 0.717) is 30.9 Å². The van der Waals surface area contributed by atoms with Crippen molar-refractivity contribution in [3.8, 4) is 0 Å². The maximum absolute atomic E-state index is 12.7. The summed E-state index contributed by atoms with van der Waals surface area (Å²) >= 11 is 0. The van der Waals surface area contributed by atoms with Crippen molar-refractivity contribution in [2.75, 3.05) is 13.1 Å². The van der Waals surface area contributed by atoms with Crippen molar-refractivity contribution < 1.29 is 9.59 Å². The van der Waals surface area contributed by atoms with E-state index < -0.39 is 0 Å². The van der Waals surface area contributed by atoms with Gasteiger partial charge in [-0.15, -0.1) is 0 Å². The predicted molar refractivity (Wildman–Crippen MR) is 102 cm³/mol. The van der Waals surface area contributed by atoms with E-state index in [2.05, 4.69) is 20.5 Å². The molecule has 1 aromatic carbocycles. The van der Waals surface area contributed by atoms with Gasteiger partial charge in [-0.05, 0) is 37.5 Å². The van der Waals surface area contributed by atoms with Gasteiger partial charge in [0.15, 0.2) is 0 Å². The largest absolute Gasteiger partial charge is 0.346 e. The minimum atomic E-state index is -0.198. The molecule has 7 heteroatoms. The maximum Gasteiger partial charge on any atom is 0.272 e. The number of carbonyl (C=O) groups is 2. The zero-order valence-electron chi connectivity index (χ0n) is 15.3. The van der Waals surface area contributed by atoms with Crippen molar-refractivity contribution >= 4 is 22.7 Å². The highest BCUT2D eigenvalue weighted by atomic mass is 16.2. The predicted octanol–water partition coefficient (Wildman–Crippen LogP) is 2.22. The number of hydrogen-bond donors (Lipinski definition) is 2. The van der Waals surface area contributed by atoms with Crippen LogP contribution in [-0.4, -0.2) is 51.0 Å². The van der Waals surface area contributed by atoms with E-state index in [0.717, 1.165) is 22.0 Å². The SMILES string of the molecule is Cc1ccc(C(=O)N2CCC(NC(=O)c3[nH]nc4c(C)cccc34)C2)nc1. The van der Waals surface area contributed by atoms with Crippen LogP contribution in [0.1, 0.15) is 38.5 Å². The average Bonchev–Trinajstić information content (AvgIpc) is 3.29. The van der Waals surface area contributed by atoms with Gasteiger partial charge in [0.25, 0.3) is 11.8 Å². The van der Waals surface area contributed by atoms with Crippen molar-refractivity contribution in [1.82, 2.24) is 25.4 Å². The number of benzene rings is 1. The van der Waals surface area contributed by atoms with E-state index in [4.69, 9.17) is 0 Å². The Bertz CT molecular complexity index is 1010. The topological polar surface area (TPSA) is 91.0 Å². The van der Waals surface area contributed by atoms with Crippen LogP contribution in [0.25, 0.3) is 10.9 Å². The second-order valence-corrected chi connectivity index (χ2v) is 7.00. The lowest BCUT2D eigenvalue weighted by atomic mass is 10.1. The molecule has 0 saturated carbocycles. The number of nitrogens with zero attached hydrogens (tertiary/aromatic N) is 3. The molecular formula is C20H21N5O2. The first-order valence-corrected chi connectivity index (χ1v) is 8.99. The molecule has 1 aliphatic rings. The first-order chi connectivity index (χ1) is 13.0. The van der Waals surface area contributed by atoms with Gasteiger partial charge in [-0.1, -0.05) is 24.3 Å². The molecule has 27 heavy (non-hydrogen) atoms. The third-order valence-corrected chi connectivity index (χ3v) is 4.95. The lowest BCUT2D eigenvalue weighted by Gasteiger charge is -2.16. The van der Waals surface area contributed by atoms with E-state index in [1.54, 1.807) is 17.2 Å². The molecular weight excluding hydrogens is 342 g/mol. The fourth-order valence-corrected chi connectivity index (χ4v) is 3.43. The molecule has 0 radical (unpaired) electrons. The molecule has 0 spiro atoms. The highest BCUT2D eigenvalue weighted by molar-refractivity contribution is 6.05. The molecule has 3 aromatic rings. The maximum atomic E-state index is 12.7. The number of aromatic nitrogens is 3. The average molecular weight is 363 g/mol. The Labute approximate surface area is 156 Å². The van der Waals surface area contributed by atoms with Gasteiger partial charge in [0.05, 0.1) is 5.52 Å². The number of fused-ring (bicyclic) bond motifs is 1. The number of aryl methyl sites for hydroxylation is 2. The van der Waals surface area contributed by atoms with Crippen LogP contribution in [0.4, 0.5) is 0 Å². The van der Waals surface area contributed by atoms with Crippen LogP contribution in [-0.2, 0) is 0 Å². The minimum absolute atomic E-state index is 0.0879. The number of aromatic amines is 1. The molecule has 1 saturated heterocycles. The Morgan fingerprint density at radius 1 is 1.22 bits per heavy atom. The molecule has 1 unspecified atom stereocenters. The first kappa shape index (κ1) is 17.2. The van der Waals surface area contributed by atoms with Crippen LogP contribution >= 0.6 is 0 Å². The number of hydrogen-bond acceptors (Lipinski definition) is 4. The molecule has 1 fully saturated rings. The van der Waals surface area contributed by atoms with Crippen LogP contribution in [0, 0.1) is 13.8 Å². The molecule has 2 amide bonds. The monoisotopic (exact) mass is 363 g/mol. The molecule has 2 aromatic heterocycles. The summed E-state index contributed by atoms with van der Waals surface area (Å²) in [5.41, 5.74) is 3.73. The number of likely N-dealkylation sites (tertiary alicyclic amines) is 1. The number of H-pyrrole nitrogens is 1. The summed E-state index contributed by atoms with van der Waals surface area (Å²) in [7, 11) is 0. The van der Waals surface area contributed by atoms with E-state index in [1.165, 1.54) is 0 Å². The van der Waals surface area contributed by atoms with Gasteiger partial charge in [-0.2, -0.15) is 5.10 Å². The van der Waals surface area contributed by atoms with Crippen LogP contribution in [0.2, 0.25) is 0 Å². The van der Waals surface area contributed by atoms with Crippen LogP contribution in [0.5, 0.6) is 0 Å². The molecule has 1 atom stereocenters. The summed E-state index contributed by atoms with van der Waals surface area (Å²) in [4.78, 5) is 31.2. The Balaban J connectivity index is 1.43. The number of rotatable bonds is 3. The highest BCUT2D eigenvalue weighted by Crippen LogP contribution is 2.20. The second kappa shape index (κ2) is 6.83. The van der Waals surface area contributed by atoms with E-state index in [1.807, 2.05) is 38.1 Å². The van der Waals surface area contributed by atoms with Crippen molar-refractivity contribution in [2.45, 2.75) is 26.3 Å². The van der Waals surface area contributed by atoms with Gasteiger partial charge >= 0.3 is 0 Å². The number of nitrogens with one attached hydrogen (secondary N) is 2. The van der Waals surface area contributed by atoms with Gasteiger partial charge in [-0.3, -0.25) is 19.7 Å². The number of carbonyl (C=O) groups excluding carboxylic acids is 2. The van der Waals surface area contributed by atoms with Gasteiger partial charge in [-0.25, -0.2) is 0 Å². The second-order valence-electron chi connectivity index (χ2n) is 7.00. The molecule has 0 bridgehead atoms. The molecule has 1 aliphatic heterocycles. The molecule has 0 aliphatic carbocycles. The van der Waals surface area contributed by atoms with Crippen LogP contribution in [0.3, 0.4) is 0 Å². The van der Waals surface area contributed by atoms with E-state index in [9.17, 15) is 9.59 Å². The number of pyridine rings is 1. The summed E-state index contributed by atoms with van der Waals surface area (Å²) in [6.07, 6.45) is 2.41. The Hall–Kier alpha value is -3.22. The van der Waals surface area contributed by atoms with Crippen molar-refractivity contribution in [3.05, 3.63) is 59.0 Å². The lowest BCUT2D eigenvalue weighted by molar-refractivity contribution is 0.0777. The number of para-hydroxylation sites is 1. The Morgan fingerprint density at radius 3 is 2.85 bits per heavy atom. The molecule has 7 nitrogen and oxygen atoms in total. The van der Waals surface area contributed by atoms with Crippen molar-refractivity contribution in [3.63, 3.8) is 0 Å². The van der Waals surface area contributed by atoms with E-state index >= 15 is 0 Å². The van der Waals surface area contributed by atoms with Gasteiger partial charge in [0, 0.05) is 30.7 Å². The van der Waals surface area contributed by atoms with Crippen molar-refractivity contribution in [2.24, 2.45) is 0 Å². The summed E-state index contributed by atoms with van der Waals surface area (Å²) < 4.78 is 0. The normalized spacial score (nSPS) is 16.7. The Kier molecular flexibility index (Phi) is 4.35. The van der Waals surface area contributed by atoms with Crippen LogP contribution in [0.15, 0.2) is 36.5 Å². The summed E-state index contributed by atoms with van der Waals surface area (Å²) in [6.45, 7) is 4.97. The first-order valence-electron chi connectivity index (χ1n) is 8.99. The number of amides is 2. The van der Waals surface area contributed by atoms with Gasteiger partial charge in [0.1, 0.15) is 11.4 Å². The lowest BCUT2D eigenvalue weighted by Crippen LogP contribution is -2.38. The highest BCUT2D eigenvalue weighted by Gasteiger charge is 2.29. The third kappa shape index (κ3) is 3.28. The molecule has 2 N–H and O–H groups in total. The van der Waals surface area contributed by atoms with E-state index in [-0.39, 0.29) is 17.9 Å². The fraction of sp³-hybridized carbons (Fsp3) is 0.300. The standard InChI is InChI=1S/C20H21N5O2/c1-12-6-7-16(21-10-12)20(27)25-9-8-14(11-25)22-19(26)18-15-5-3-4-13(2)17(15)23-24-18/h3-7,10,14H,8-9,11H2,1-2H3,(H,22,26)(H,23,24). The fourth-order valence-electron chi connectivity index (χ4n) is 3.43. The summed E-state index contributed by atoms with van der Waals surface area (Å²) in [5, 5.41) is 10.9. The molecule has 138 valence electrons. The van der Waals surface area contributed by atoms with Gasteiger partial charge in [0.2, 0.25) is 0 Å². The molecule has 4 rings (SSSR count). The molecule has 3 heterocycles. The Morgan fingerprint density at radius 2 is 2.07 bits per heavy atom.